The van der Waals surface area contributed by atoms with Gasteiger partial charge in [-0.05, 0) is 31.2 Å². The third-order valence-corrected chi connectivity index (χ3v) is 3.80. The molecule has 0 aromatic heterocycles. The fraction of sp³-hybridized carbons (Fsp3) is 0.333. The zero-order chi connectivity index (χ0) is 16.7. The summed E-state index contributed by atoms with van der Waals surface area (Å²) in [4.78, 5) is 0. The summed E-state index contributed by atoms with van der Waals surface area (Å²) in [6.45, 7) is 3.73. The number of nitrogens with one attached hydrogen (secondary N) is 1. The van der Waals surface area contributed by atoms with Gasteiger partial charge in [0.1, 0.15) is 12.4 Å². The maximum absolute atomic E-state index is 13.9. The summed E-state index contributed by atoms with van der Waals surface area (Å²) in [6.07, 6.45) is 1.05. The highest BCUT2D eigenvalue weighted by Crippen LogP contribution is 2.32. The third-order valence-electron chi connectivity index (χ3n) is 3.45. The van der Waals surface area contributed by atoms with E-state index in [9.17, 15) is 4.39 Å². The van der Waals surface area contributed by atoms with Gasteiger partial charge < -0.3 is 14.8 Å². The molecule has 0 fully saturated rings. The molecule has 5 heteroatoms. The van der Waals surface area contributed by atoms with Gasteiger partial charge in [0, 0.05) is 17.7 Å². The fourth-order valence-electron chi connectivity index (χ4n) is 2.24. The van der Waals surface area contributed by atoms with Crippen LogP contribution in [0.2, 0.25) is 5.02 Å². The lowest BCUT2D eigenvalue weighted by molar-refractivity contribution is 0.276. The molecule has 23 heavy (non-hydrogen) atoms. The van der Waals surface area contributed by atoms with E-state index in [1.165, 1.54) is 6.07 Å². The van der Waals surface area contributed by atoms with Crippen LogP contribution in [-0.4, -0.2) is 13.7 Å². The van der Waals surface area contributed by atoms with Crippen molar-refractivity contribution in [3.8, 4) is 11.5 Å². The SMILES string of the molecule is CCCNCc1cccc(OC)c1OCc1c(F)cccc1Cl. The Morgan fingerprint density at radius 1 is 1.17 bits per heavy atom. The van der Waals surface area contributed by atoms with E-state index in [1.807, 2.05) is 18.2 Å². The molecule has 0 atom stereocenters. The average molecular weight is 338 g/mol. The van der Waals surface area contributed by atoms with Gasteiger partial charge in [0.2, 0.25) is 0 Å². The first-order chi connectivity index (χ1) is 11.2. The van der Waals surface area contributed by atoms with Crippen molar-refractivity contribution in [1.29, 1.82) is 0 Å². The lowest BCUT2D eigenvalue weighted by Gasteiger charge is -2.16. The molecule has 0 heterocycles. The topological polar surface area (TPSA) is 30.5 Å². The number of halogens is 2. The van der Waals surface area contributed by atoms with Crippen LogP contribution in [0.3, 0.4) is 0 Å². The zero-order valence-electron chi connectivity index (χ0n) is 13.4. The molecular weight excluding hydrogens is 317 g/mol. The average Bonchev–Trinajstić information content (AvgIpc) is 2.55. The van der Waals surface area contributed by atoms with Gasteiger partial charge in [0.15, 0.2) is 11.5 Å². The molecule has 0 radical (unpaired) electrons. The van der Waals surface area contributed by atoms with Gasteiger partial charge in [-0.25, -0.2) is 4.39 Å². The Bertz CT molecular complexity index is 629. The smallest absolute Gasteiger partial charge is 0.166 e. The second-order valence-electron chi connectivity index (χ2n) is 5.11. The van der Waals surface area contributed by atoms with Crippen molar-refractivity contribution < 1.29 is 13.9 Å². The molecule has 0 saturated heterocycles. The number of rotatable bonds is 8. The Kier molecular flexibility index (Phi) is 6.68. The summed E-state index contributed by atoms with van der Waals surface area (Å²) >= 11 is 6.05. The third kappa shape index (κ3) is 4.60. The van der Waals surface area contributed by atoms with Crippen LogP contribution in [0.1, 0.15) is 24.5 Å². The summed E-state index contributed by atoms with van der Waals surface area (Å²) in [5.41, 5.74) is 1.30. The van der Waals surface area contributed by atoms with Gasteiger partial charge >= 0.3 is 0 Å². The van der Waals surface area contributed by atoms with Gasteiger partial charge in [-0.2, -0.15) is 0 Å². The number of para-hydroxylation sites is 1. The molecule has 0 aliphatic heterocycles. The van der Waals surface area contributed by atoms with Crippen molar-refractivity contribution in [1.82, 2.24) is 5.32 Å². The first kappa shape index (κ1) is 17.6. The van der Waals surface area contributed by atoms with E-state index in [1.54, 1.807) is 19.2 Å². The van der Waals surface area contributed by atoms with E-state index in [0.29, 0.717) is 28.6 Å². The Morgan fingerprint density at radius 3 is 2.65 bits per heavy atom. The summed E-state index contributed by atoms with van der Waals surface area (Å²) in [5, 5.41) is 3.68. The van der Waals surface area contributed by atoms with Gasteiger partial charge in [0.05, 0.1) is 12.1 Å². The van der Waals surface area contributed by atoms with Crippen LogP contribution >= 0.6 is 11.6 Å². The summed E-state index contributed by atoms with van der Waals surface area (Å²) in [5.74, 6) is 0.851. The van der Waals surface area contributed by atoms with Crippen LogP contribution in [0.5, 0.6) is 11.5 Å². The van der Waals surface area contributed by atoms with Gasteiger partial charge in [-0.3, -0.25) is 0 Å². The molecule has 2 aromatic carbocycles. The lowest BCUT2D eigenvalue weighted by Crippen LogP contribution is -2.15. The summed E-state index contributed by atoms with van der Waals surface area (Å²) < 4.78 is 25.1. The van der Waals surface area contributed by atoms with E-state index in [-0.39, 0.29) is 12.4 Å². The molecular formula is C18H21ClFNO2. The number of ether oxygens (including phenoxy) is 2. The molecule has 0 unspecified atom stereocenters. The van der Waals surface area contributed by atoms with Crippen LogP contribution in [-0.2, 0) is 13.2 Å². The maximum Gasteiger partial charge on any atom is 0.166 e. The predicted octanol–water partition coefficient (Wildman–Crippen LogP) is 4.57. The van der Waals surface area contributed by atoms with Crippen LogP contribution in [0.15, 0.2) is 36.4 Å². The largest absolute Gasteiger partial charge is 0.493 e. The van der Waals surface area contributed by atoms with Crippen molar-refractivity contribution in [2.45, 2.75) is 26.5 Å². The van der Waals surface area contributed by atoms with Crippen LogP contribution in [0.25, 0.3) is 0 Å². The Balaban J connectivity index is 2.20. The minimum atomic E-state index is -0.377. The summed E-state index contributed by atoms with van der Waals surface area (Å²) in [7, 11) is 1.58. The normalized spacial score (nSPS) is 10.6. The first-order valence-electron chi connectivity index (χ1n) is 7.59. The predicted molar refractivity (Wildman–Crippen MR) is 90.7 cm³/mol. The highest BCUT2D eigenvalue weighted by atomic mass is 35.5. The van der Waals surface area contributed by atoms with Gasteiger partial charge in [0.25, 0.3) is 0 Å². The first-order valence-corrected chi connectivity index (χ1v) is 7.97. The molecule has 0 spiro atoms. The highest BCUT2D eigenvalue weighted by molar-refractivity contribution is 6.31. The van der Waals surface area contributed by atoms with Crippen molar-refractivity contribution in [3.63, 3.8) is 0 Å². The molecule has 1 N–H and O–H groups in total. The molecule has 3 nitrogen and oxygen atoms in total. The van der Waals surface area contributed by atoms with Crippen LogP contribution in [0.4, 0.5) is 4.39 Å². The molecule has 2 aromatic rings. The molecule has 124 valence electrons. The minimum absolute atomic E-state index is 0.0483. The van der Waals surface area contributed by atoms with Gasteiger partial charge in [-0.1, -0.05) is 36.7 Å². The molecule has 2 rings (SSSR count). The summed E-state index contributed by atoms with van der Waals surface area (Å²) in [6, 6.07) is 10.3. The quantitative estimate of drug-likeness (QED) is 0.716. The minimum Gasteiger partial charge on any atom is -0.493 e. The van der Waals surface area contributed by atoms with E-state index in [4.69, 9.17) is 21.1 Å². The van der Waals surface area contributed by atoms with E-state index < -0.39 is 0 Å². The van der Waals surface area contributed by atoms with Crippen molar-refractivity contribution in [2.24, 2.45) is 0 Å². The second-order valence-corrected chi connectivity index (χ2v) is 5.52. The molecule has 0 amide bonds. The Labute approximate surface area is 141 Å². The molecule has 0 bridgehead atoms. The molecule has 0 aliphatic carbocycles. The number of hydrogen-bond acceptors (Lipinski definition) is 3. The lowest BCUT2D eigenvalue weighted by atomic mass is 10.1. The van der Waals surface area contributed by atoms with Crippen molar-refractivity contribution in [3.05, 3.63) is 58.4 Å². The van der Waals surface area contributed by atoms with Gasteiger partial charge in [-0.15, -0.1) is 0 Å². The number of hydrogen-bond donors (Lipinski definition) is 1. The number of benzene rings is 2. The zero-order valence-corrected chi connectivity index (χ0v) is 14.1. The van der Waals surface area contributed by atoms with Crippen LogP contribution < -0.4 is 14.8 Å². The van der Waals surface area contributed by atoms with Crippen LogP contribution in [0, 0.1) is 5.82 Å². The standard InChI is InChI=1S/C18H21ClFNO2/c1-3-10-21-11-13-6-4-9-17(22-2)18(13)23-12-14-15(19)7-5-8-16(14)20/h4-9,21H,3,10-12H2,1-2H3. The van der Waals surface area contributed by atoms with Crippen molar-refractivity contribution >= 4 is 11.6 Å². The number of methoxy groups -OCH3 is 1. The van der Waals surface area contributed by atoms with E-state index >= 15 is 0 Å². The second kappa shape index (κ2) is 8.75. The Hall–Kier alpha value is -1.78. The molecule has 0 aliphatic rings. The monoisotopic (exact) mass is 337 g/mol. The highest BCUT2D eigenvalue weighted by Gasteiger charge is 2.13. The van der Waals surface area contributed by atoms with Crippen molar-refractivity contribution in [2.75, 3.05) is 13.7 Å². The maximum atomic E-state index is 13.9. The van der Waals surface area contributed by atoms with E-state index in [2.05, 4.69) is 12.2 Å². The van der Waals surface area contributed by atoms with E-state index in [0.717, 1.165) is 18.5 Å². The fourth-order valence-corrected chi connectivity index (χ4v) is 2.46. The Morgan fingerprint density at radius 2 is 1.96 bits per heavy atom. The molecule has 0 saturated carbocycles.